The first kappa shape index (κ1) is 19.6. The lowest BCUT2D eigenvalue weighted by Gasteiger charge is -2.40. The maximum Gasteiger partial charge on any atom is 0.416 e. The van der Waals surface area contributed by atoms with E-state index in [1.54, 1.807) is 6.07 Å². The maximum atomic E-state index is 12.8. The second-order valence-corrected chi connectivity index (χ2v) is 8.24. The van der Waals surface area contributed by atoms with Gasteiger partial charge in [0.15, 0.2) is 0 Å². The molecule has 2 saturated heterocycles. The molecule has 2 heterocycles. The van der Waals surface area contributed by atoms with E-state index >= 15 is 0 Å². The van der Waals surface area contributed by atoms with Crippen molar-refractivity contribution in [3.05, 3.63) is 35.4 Å². The molecule has 1 atom stereocenters. The van der Waals surface area contributed by atoms with Crippen molar-refractivity contribution in [1.82, 2.24) is 9.80 Å². The standard InChI is InChI=1S/C20H29F3N2O/c1-19(2)13-17(6-11-26-19)15-25-9-7-24(8-10-25)14-16-4-3-5-18(12-16)20(21,22)23/h3-5,12,17H,6-11,13-15H2,1-2H3. The van der Waals surface area contributed by atoms with Gasteiger partial charge >= 0.3 is 6.18 Å². The molecule has 0 N–H and O–H groups in total. The number of rotatable bonds is 4. The maximum absolute atomic E-state index is 12.8. The van der Waals surface area contributed by atoms with Crippen molar-refractivity contribution in [2.24, 2.45) is 5.92 Å². The second-order valence-electron chi connectivity index (χ2n) is 8.24. The predicted molar refractivity (Wildman–Crippen MR) is 95.9 cm³/mol. The second kappa shape index (κ2) is 7.87. The Kier molecular flexibility index (Phi) is 5.94. The number of benzene rings is 1. The Bertz CT molecular complexity index is 595. The van der Waals surface area contributed by atoms with Gasteiger partial charge in [-0.25, -0.2) is 0 Å². The topological polar surface area (TPSA) is 15.7 Å². The van der Waals surface area contributed by atoms with E-state index in [0.29, 0.717) is 12.5 Å². The van der Waals surface area contributed by atoms with Crippen molar-refractivity contribution in [3.8, 4) is 0 Å². The smallest absolute Gasteiger partial charge is 0.376 e. The number of piperazine rings is 1. The van der Waals surface area contributed by atoms with E-state index in [9.17, 15) is 13.2 Å². The summed E-state index contributed by atoms with van der Waals surface area (Å²) in [6.45, 7) is 10.6. The van der Waals surface area contributed by atoms with E-state index in [2.05, 4.69) is 23.6 Å². The number of halogens is 3. The van der Waals surface area contributed by atoms with Crippen molar-refractivity contribution in [2.75, 3.05) is 39.3 Å². The molecule has 0 aromatic heterocycles. The van der Waals surface area contributed by atoms with Crippen LogP contribution in [-0.4, -0.2) is 54.7 Å². The van der Waals surface area contributed by atoms with Crippen molar-refractivity contribution < 1.29 is 17.9 Å². The lowest BCUT2D eigenvalue weighted by Crippen LogP contribution is -2.48. The summed E-state index contributed by atoms with van der Waals surface area (Å²) >= 11 is 0. The lowest BCUT2D eigenvalue weighted by molar-refractivity contribution is -0.137. The van der Waals surface area contributed by atoms with E-state index in [-0.39, 0.29) is 5.60 Å². The van der Waals surface area contributed by atoms with Gasteiger partial charge in [0.2, 0.25) is 0 Å². The molecular formula is C20H29F3N2O. The van der Waals surface area contributed by atoms with Crippen LogP contribution >= 0.6 is 0 Å². The van der Waals surface area contributed by atoms with E-state index in [1.807, 2.05) is 0 Å². The van der Waals surface area contributed by atoms with E-state index in [0.717, 1.165) is 63.8 Å². The Labute approximate surface area is 154 Å². The predicted octanol–water partition coefficient (Wildman–Crippen LogP) is 4.03. The fourth-order valence-electron chi connectivity index (χ4n) is 4.11. The van der Waals surface area contributed by atoms with Crippen LogP contribution in [-0.2, 0) is 17.5 Å². The van der Waals surface area contributed by atoms with Gasteiger partial charge in [-0.2, -0.15) is 13.2 Å². The summed E-state index contributed by atoms with van der Waals surface area (Å²) in [5.74, 6) is 0.675. The van der Waals surface area contributed by atoms with Crippen molar-refractivity contribution in [1.29, 1.82) is 0 Å². The molecule has 2 fully saturated rings. The minimum absolute atomic E-state index is 0.0196. The highest BCUT2D eigenvalue weighted by Crippen LogP contribution is 2.30. The van der Waals surface area contributed by atoms with Crippen LogP contribution in [0.1, 0.15) is 37.8 Å². The normalized spacial score (nSPS) is 25.3. The van der Waals surface area contributed by atoms with E-state index in [1.165, 1.54) is 12.1 Å². The molecule has 2 aliphatic rings. The number of hydrogen-bond acceptors (Lipinski definition) is 3. The number of hydrogen-bond donors (Lipinski definition) is 0. The quantitative estimate of drug-likeness (QED) is 0.796. The lowest BCUT2D eigenvalue weighted by atomic mass is 9.88. The SMILES string of the molecule is CC1(C)CC(CN2CCN(Cc3cccc(C(F)(F)F)c3)CC2)CCO1. The molecule has 1 aromatic carbocycles. The van der Waals surface area contributed by atoms with Gasteiger partial charge in [-0.3, -0.25) is 4.90 Å². The minimum atomic E-state index is -4.27. The Balaban J connectivity index is 1.47. The molecule has 0 spiro atoms. The average Bonchev–Trinajstić information content (AvgIpc) is 2.55. The van der Waals surface area contributed by atoms with Gasteiger partial charge in [-0.1, -0.05) is 18.2 Å². The highest BCUT2D eigenvalue weighted by atomic mass is 19.4. The van der Waals surface area contributed by atoms with Crippen molar-refractivity contribution >= 4 is 0 Å². The van der Waals surface area contributed by atoms with Gasteiger partial charge < -0.3 is 9.64 Å². The summed E-state index contributed by atoms with van der Waals surface area (Å²) < 4.78 is 44.3. The molecule has 0 saturated carbocycles. The first-order chi connectivity index (χ1) is 12.2. The Morgan fingerprint density at radius 2 is 1.81 bits per heavy atom. The third-order valence-corrected chi connectivity index (χ3v) is 5.44. The average molecular weight is 370 g/mol. The van der Waals surface area contributed by atoms with Gasteiger partial charge in [0.05, 0.1) is 11.2 Å². The fourth-order valence-corrected chi connectivity index (χ4v) is 4.11. The van der Waals surface area contributed by atoms with Gasteiger partial charge in [0.1, 0.15) is 0 Å². The zero-order valence-corrected chi connectivity index (χ0v) is 15.7. The molecule has 0 amide bonds. The molecule has 1 unspecified atom stereocenters. The molecule has 6 heteroatoms. The van der Waals surface area contributed by atoms with Crippen molar-refractivity contribution in [3.63, 3.8) is 0 Å². The Morgan fingerprint density at radius 3 is 2.46 bits per heavy atom. The largest absolute Gasteiger partial charge is 0.416 e. The number of ether oxygens (including phenoxy) is 1. The van der Waals surface area contributed by atoms with Gasteiger partial charge in [-0.05, 0) is 44.2 Å². The number of alkyl halides is 3. The molecule has 146 valence electrons. The van der Waals surface area contributed by atoms with Crippen LogP contribution in [0.3, 0.4) is 0 Å². The molecule has 0 bridgehead atoms. The summed E-state index contributed by atoms with van der Waals surface area (Å²) in [6, 6.07) is 5.69. The van der Waals surface area contributed by atoms with Crippen LogP contribution in [0, 0.1) is 5.92 Å². The third kappa shape index (κ3) is 5.44. The van der Waals surface area contributed by atoms with Crippen LogP contribution in [0.2, 0.25) is 0 Å². The van der Waals surface area contributed by atoms with Crippen molar-refractivity contribution in [2.45, 2.75) is 45.0 Å². The van der Waals surface area contributed by atoms with E-state index < -0.39 is 11.7 Å². The van der Waals surface area contributed by atoms with Crippen LogP contribution < -0.4 is 0 Å². The van der Waals surface area contributed by atoms with E-state index in [4.69, 9.17) is 4.74 Å². The zero-order valence-electron chi connectivity index (χ0n) is 15.7. The number of nitrogens with zero attached hydrogens (tertiary/aromatic N) is 2. The summed E-state index contributed by atoms with van der Waals surface area (Å²) in [5, 5.41) is 0. The Hall–Kier alpha value is -1.11. The molecule has 0 radical (unpaired) electrons. The summed E-state index contributed by atoms with van der Waals surface area (Å²) in [7, 11) is 0. The van der Waals surface area contributed by atoms with Crippen LogP contribution in [0.5, 0.6) is 0 Å². The molecule has 3 rings (SSSR count). The Morgan fingerprint density at radius 1 is 1.12 bits per heavy atom. The first-order valence-corrected chi connectivity index (χ1v) is 9.46. The molecular weight excluding hydrogens is 341 g/mol. The minimum Gasteiger partial charge on any atom is -0.376 e. The van der Waals surface area contributed by atoms with Crippen LogP contribution in [0.25, 0.3) is 0 Å². The third-order valence-electron chi connectivity index (χ3n) is 5.44. The highest BCUT2D eigenvalue weighted by Gasteiger charge is 2.31. The molecule has 1 aromatic rings. The molecule has 26 heavy (non-hydrogen) atoms. The summed E-state index contributed by atoms with van der Waals surface area (Å²) in [5.41, 5.74) is 0.157. The molecule has 0 aliphatic carbocycles. The monoisotopic (exact) mass is 370 g/mol. The highest BCUT2D eigenvalue weighted by molar-refractivity contribution is 5.25. The van der Waals surface area contributed by atoms with Gasteiger partial charge in [0.25, 0.3) is 0 Å². The van der Waals surface area contributed by atoms with Gasteiger partial charge in [0, 0.05) is 45.9 Å². The van der Waals surface area contributed by atoms with Gasteiger partial charge in [-0.15, -0.1) is 0 Å². The van der Waals surface area contributed by atoms with Crippen LogP contribution in [0.4, 0.5) is 13.2 Å². The first-order valence-electron chi connectivity index (χ1n) is 9.46. The summed E-state index contributed by atoms with van der Waals surface area (Å²) in [6.07, 6.45) is -2.06. The molecule has 2 aliphatic heterocycles. The molecule has 3 nitrogen and oxygen atoms in total. The van der Waals surface area contributed by atoms with Crippen LogP contribution in [0.15, 0.2) is 24.3 Å². The summed E-state index contributed by atoms with van der Waals surface area (Å²) in [4.78, 5) is 4.74. The fraction of sp³-hybridized carbons (Fsp3) is 0.700. The zero-order chi connectivity index (χ0) is 18.8.